The summed E-state index contributed by atoms with van der Waals surface area (Å²) in [5.74, 6) is 0. The third-order valence-electron chi connectivity index (χ3n) is 6.55. The zero-order valence-electron chi connectivity index (χ0n) is 19.5. The summed E-state index contributed by atoms with van der Waals surface area (Å²) in [6.45, 7) is 0. The van der Waals surface area contributed by atoms with Gasteiger partial charge in [0.25, 0.3) is 0 Å². The van der Waals surface area contributed by atoms with Gasteiger partial charge in [-0.05, 0) is 97.1 Å². The second kappa shape index (κ2) is 9.90. The molecule has 0 amide bonds. The van der Waals surface area contributed by atoms with Gasteiger partial charge in [0.05, 0.1) is 9.73 Å². The van der Waals surface area contributed by atoms with Gasteiger partial charge in [0.1, 0.15) is 0 Å². The first kappa shape index (κ1) is 25.4. The number of nitrogens with one attached hydrogen (secondary N) is 3. The Morgan fingerprint density at radius 2 is 1.62 bits per heavy atom. The Morgan fingerprint density at radius 3 is 2.27 bits per heavy atom. The lowest BCUT2D eigenvalue weighted by molar-refractivity contribution is -0.0328. The number of nitrogens with zero attached hydrogens (tertiary/aromatic N) is 2. The van der Waals surface area contributed by atoms with Crippen molar-refractivity contribution in [3.8, 4) is 11.1 Å². The number of rotatable bonds is 6. The fourth-order valence-electron chi connectivity index (χ4n) is 4.65. The summed E-state index contributed by atoms with van der Waals surface area (Å²) in [5.41, 5.74) is -1.75. The summed E-state index contributed by atoms with van der Waals surface area (Å²) < 4.78 is 61.1. The van der Waals surface area contributed by atoms with E-state index in [2.05, 4.69) is 15.5 Å². The van der Waals surface area contributed by atoms with Gasteiger partial charge in [-0.25, -0.2) is 23.3 Å². The Balaban J connectivity index is 1.21. The van der Waals surface area contributed by atoms with E-state index in [9.17, 15) is 22.2 Å². The minimum Gasteiger partial charge on any atom is -0.382 e. The zero-order valence-corrected chi connectivity index (χ0v) is 21.1. The lowest BCUT2D eigenvalue weighted by Gasteiger charge is -2.31. The van der Waals surface area contributed by atoms with E-state index in [-0.39, 0.29) is 33.6 Å². The van der Waals surface area contributed by atoms with Gasteiger partial charge in [-0.2, -0.15) is 18.3 Å². The van der Waals surface area contributed by atoms with E-state index in [1.807, 2.05) is 18.2 Å². The van der Waals surface area contributed by atoms with Crippen molar-refractivity contribution < 1.29 is 17.4 Å². The molecule has 1 unspecified atom stereocenters. The second-order valence-corrected chi connectivity index (χ2v) is 12.5. The number of fused-ring (bicyclic) bond motifs is 1. The van der Waals surface area contributed by atoms with Crippen molar-refractivity contribution >= 4 is 32.8 Å². The van der Waals surface area contributed by atoms with Gasteiger partial charge in [-0.3, -0.25) is 0 Å². The topological polar surface area (TPSA) is 103 Å². The monoisotopic (exact) mass is 547 g/mol. The summed E-state index contributed by atoms with van der Waals surface area (Å²) in [7, 11) is -3.02. The SMILES string of the molecule is N=S(=O)(c1ccc(-c2ccc3n[nH]c(=O)n3c2)cc1)[C@H]1CC[C@H](Nc2ccc(SC(F)(F)F)cc2)CC1. The Hall–Kier alpha value is -3.25. The van der Waals surface area contributed by atoms with Crippen molar-refractivity contribution in [3.63, 3.8) is 0 Å². The summed E-state index contributed by atoms with van der Waals surface area (Å²) in [4.78, 5) is 12.5. The molecule has 2 aromatic heterocycles. The lowest BCUT2D eigenvalue weighted by Crippen LogP contribution is -2.32. The van der Waals surface area contributed by atoms with Crippen LogP contribution in [0.5, 0.6) is 0 Å². The molecule has 1 aliphatic rings. The van der Waals surface area contributed by atoms with E-state index in [1.165, 1.54) is 16.5 Å². The first-order chi connectivity index (χ1) is 17.6. The van der Waals surface area contributed by atoms with E-state index in [4.69, 9.17) is 4.78 Å². The smallest absolute Gasteiger partial charge is 0.382 e. The van der Waals surface area contributed by atoms with Crippen LogP contribution in [0.4, 0.5) is 18.9 Å². The Labute approximate surface area is 215 Å². The minimum atomic E-state index is -4.31. The molecule has 2 heterocycles. The van der Waals surface area contributed by atoms with E-state index in [0.717, 1.165) is 29.7 Å². The molecule has 5 rings (SSSR count). The highest BCUT2D eigenvalue weighted by Gasteiger charge is 2.30. The van der Waals surface area contributed by atoms with Crippen LogP contribution in [0.1, 0.15) is 25.7 Å². The third-order valence-corrected chi connectivity index (χ3v) is 9.67. The number of benzene rings is 2. The summed E-state index contributed by atoms with van der Waals surface area (Å²) in [6, 6.07) is 16.9. The van der Waals surface area contributed by atoms with Crippen molar-refractivity contribution in [2.24, 2.45) is 0 Å². The van der Waals surface area contributed by atoms with E-state index < -0.39 is 15.2 Å². The van der Waals surface area contributed by atoms with Crippen molar-refractivity contribution in [2.45, 2.75) is 52.3 Å². The first-order valence-electron chi connectivity index (χ1n) is 11.7. The van der Waals surface area contributed by atoms with Gasteiger partial charge in [0.2, 0.25) is 0 Å². The molecule has 0 bridgehead atoms. The molecule has 1 aliphatic carbocycles. The molecule has 7 nitrogen and oxygen atoms in total. The molecule has 194 valence electrons. The number of aromatic nitrogens is 3. The van der Waals surface area contributed by atoms with Crippen LogP contribution in [-0.4, -0.2) is 35.6 Å². The quantitative estimate of drug-likeness (QED) is 0.252. The largest absolute Gasteiger partial charge is 0.446 e. The number of hydrogen-bond acceptors (Lipinski definition) is 6. The van der Waals surface area contributed by atoms with Crippen LogP contribution >= 0.6 is 11.8 Å². The molecule has 2 aromatic carbocycles. The molecule has 0 spiro atoms. The van der Waals surface area contributed by atoms with Crippen LogP contribution in [-0.2, 0) is 9.73 Å². The highest BCUT2D eigenvalue weighted by Crippen LogP contribution is 2.37. The molecule has 3 N–H and O–H groups in total. The molecular weight excluding hydrogens is 523 g/mol. The number of alkyl halides is 3. The molecule has 1 atom stereocenters. The molecule has 0 saturated heterocycles. The number of halogens is 3. The third kappa shape index (κ3) is 5.69. The summed E-state index contributed by atoms with van der Waals surface area (Å²) >= 11 is -0.141. The van der Waals surface area contributed by atoms with E-state index >= 15 is 0 Å². The highest BCUT2D eigenvalue weighted by atomic mass is 32.2. The maximum Gasteiger partial charge on any atom is 0.446 e. The summed E-state index contributed by atoms with van der Waals surface area (Å²) in [6.07, 6.45) is 4.35. The predicted octanol–water partition coefficient (Wildman–Crippen LogP) is 6.13. The van der Waals surface area contributed by atoms with E-state index in [0.29, 0.717) is 23.4 Å². The van der Waals surface area contributed by atoms with Crippen molar-refractivity contribution in [2.75, 3.05) is 5.32 Å². The molecule has 0 aliphatic heterocycles. The number of aromatic amines is 1. The van der Waals surface area contributed by atoms with Gasteiger partial charge < -0.3 is 5.32 Å². The standard InChI is InChI=1S/C25H24F3N5O2S2/c26-25(27,28)36-20-8-4-18(5-9-20)30-19-6-12-22(13-7-19)37(29,35)21-10-1-16(2-11-21)17-3-14-23-31-32-24(34)33(23)15-17/h1-5,8-11,14-15,19,22,29-30H,6-7,12-13H2,(H,32,34)/t19-,22-,37?. The molecule has 1 saturated carbocycles. The summed E-state index contributed by atoms with van der Waals surface area (Å²) in [5, 5.41) is 9.39. The maximum absolute atomic E-state index is 13.5. The van der Waals surface area contributed by atoms with Crippen LogP contribution in [0.15, 0.2) is 81.4 Å². The van der Waals surface area contributed by atoms with Crippen LogP contribution in [0.25, 0.3) is 16.8 Å². The Bertz CT molecular complexity index is 1560. The molecule has 37 heavy (non-hydrogen) atoms. The highest BCUT2D eigenvalue weighted by molar-refractivity contribution is 8.00. The number of anilines is 1. The normalized spacial score (nSPS) is 20.0. The number of pyridine rings is 1. The Morgan fingerprint density at radius 1 is 0.973 bits per heavy atom. The fourth-order valence-corrected chi connectivity index (χ4v) is 7.05. The van der Waals surface area contributed by atoms with E-state index in [1.54, 1.807) is 36.5 Å². The molecule has 4 aromatic rings. The van der Waals surface area contributed by atoms with Gasteiger partial charge in [0, 0.05) is 33.0 Å². The molecule has 0 radical (unpaired) electrons. The number of thioether (sulfide) groups is 1. The number of hydrogen-bond donors (Lipinski definition) is 3. The molecule has 12 heteroatoms. The average molecular weight is 548 g/mol. The maximum atomic E-state index is 13.5. The van der Waals surface area contributed by atoms with Gasteiger partial charge in [-0.15, -0.1) is 0 Å². The van der Waals surface area contributed by atoms with Crippen LogP contribution < -0.4 is 11.0 Å². The van der Waals surface area contributed by atoms with Gasteiger partial charge in [0.15, 0.2) is 5.65 Å². The predicted molar refractivity (Wildman–Crippen MR) is 138 cm³/mol. The average Bonchev–Trinajstić information content (AvgIpc) is 3.25. The number of H-pyrrole nitrogens is 1. The Kier molecular flexibility index (Phi) is 6.80. The van der Waals surface area contributed by atoms with Crippen molar-refractivity contribution in [1.82, 2.24) is 14.6 Å². The van der Waals surface area contributed by atoms with Crippen LogP contribution in [0.3, 0.4) is 0 Å². The zero-order chi connectivity index (χ0) is 26.2. The minimum absolute atomic E-state index is 0.108. The van der Waals surface area contributed by atoms with Crippen LogP contribution in [0, 0.1) is 4.78 Å². The molecular formula is C25H24F3N5O2S2. The molecule has 1 fully saturated rings. The van der Waals surface area contributed by atoms with Gasteiger partial charge >= 0.3 is 11.2 Å². The second-order valence-electron chi connectivity index (χ2n) is 8.99. The lowest BCUT2D eigenvalue weighted by atomic mass is 9.95. The van der Waals surface area contributed by atoms with Crippen molar-refractivity contribution in [3.05, 3.63) is 77.3 Å². The van der Waals surface area contributed by atoms with Gasteiger partial charge in [-0.1, -0.05) is 12.1 Å². The first-order valence-corrected chi connectivity index (χ1v) is 14.1. The van der Waals surface area contributed by atoms with Crippen LogP contribution in [0.2, 0.25) is 0 Å². The fraction of sp³-hybridized carbons (Fsp3) is 0.280. The van der Waals surface area contributed by atoms with Crippen molar-refractivity contribution in [1.29, 1.82) is 4.78 Å².